The zero-order valence-electron chi connectivity index (χ0n) is 17.7. The van der Waals surface area contributed by atoms with E-state index in [0.29, 0.717) is 11.4 Å². The highest BCUT2D eigenvalue weighted by Crippen LogP contribution is 2.36. The molecule has 0 unspecified atom stereocenters. The number of carbonyl (C=O) groups excluding carboxylic acids is 2. The van der Waals surface area contributed by atoms with Crippen molar-refractivity contribution in [1.29, 1.82) is 0 Å². The van der Waals surface area contributed by atoms with Crippen molar-refractivity contribution in [2.24, 2.45) is 12.8 Å². The number of pyridine rings is 1. The Morgan fingerprint density at radius 3 is 2.65 bits per heavy atom. The minimum Gasteiger partial charge on any atom is -0.482 e. The fraction of sp³-hybridized carbons (Fsp3) is 0.273. The SMILES string of the molecule is Cn1cc(-c2cc(C(N)=O)nc3[nH]ncc23)c2cc(OCC(=O)OC(C)(C)C)ccc21. The van der Waals surface area contributed by atoms with Crippen LogP contribution in [-0.4, -0.2) is 43.8 Å². The Kier molecular flexibility index (Phi) is 4.88. The maximum Gasteiger partial charge on any atom is 0.344 e. The minimum atomic E-state index is -0.626. The first-order valence-corrected chi connectivity index (χ1v) is 9.70. The molecular formula is C22H23N5O4. The quantitative estimate of drug-likeness (QED) is 0.477. The topological polar surface area (TPSA) is 125 Å². The number of aryl methyl sites for hydroxylation is 1. The number of amides is 1. The number of nitrogens with two attached hydrogens (primary N) is 1. The second-order valence-corrected chi connectivity index (χ2v) is 8.26. The summed E-state index contributed by atoms with van der Waals surface area (Å²) in [6.07, 6.45) is 3.61. The first-order chi connectivity index (χ1) is 14.6. The van der Waals surface area contributed by atoms with Gasteiger partial charge in [0.15, 0.2) is 12.3 Å². The summed E-state index contributed by atoms with van der Waals surface area (Å²) < 4.78 is 12.9. The van der Waals surface area contributed by atoms with Crippen LogP contribution < -0.4 is 10.5 Å². The second-order valence-electron chi connectivity index (χ2n) is 8.26. The molecule has 4 aromatic rings. The fourth-order valence-corrected chi connectivity index (χ4v) is 3.47. The van der Waals surface area contributed by atoms with Crippen LogP contribution in [0.4, 0.5) is 0 Å². The summed E-state index contributed by atoms with van der Waals surface area (Å²) in [6, 6.07) is 7.21. The first-order valence-electron chi connectivity index (χ1n) is 9.70. The maximum atomic E-state index is 12.0. The molecule has 9 nitrogen and oxygen atoms in total. The van der Waals surface area contributed by atoms with E-state index in [4.69, 9.17) is 15.2 Å². The molecule has 0 saturated heterocycles. The third-order valence-electron chi connectivity index (χ3n) is 4.70. The van der Waals surface area contributed by atoms with Crippen molar-refractivity contribution in [2.75, 3.05) is 6.61 Å². The molecule has 3 aromatic heterocycles. The van der Waals surface area contributed by atoms with E-state index in [2.05, 4.69) is 15.2 Å². The molecular weight excluding hydrogens is 398 g/mol. The summed E-state index contributed by atoms with van der Waals surface area (Å²) in [5.41, 5.74) is 8.08. The number of hydrogen-bond donors (Lipinski definition) is 2. The van der Waals surface area contributed by atoms with Gasteiger partial charge < -0.3 is 19.8 Å². The summed E-state index contributed by atoms with van der Waals surface area (Å²) in [6.45, 7) is 5.22. The number of fused-ring (bicyclic) bond motifs is 2. The number of aromatic amines is 1. The van der Waals surface area contributed by atoms with Gasteiger partial charge in [-0.25, -0.2) is 9.78 Å². The molecule has 0 spiro atoms. The number of hydrogen-bond acceptors (Lipinski definition) is 6. The van der Waals surface area contributed by atoms with Gasteiger partial charge in [-0.05, 0) is 50.6 Å². The summed E-state index contributed by atoms with van der Waals surface area (Å²) in [7, 11) is 1.93. The molecule has 160 valence electrons. The number of aromatic nitrogens is 4. The lowest BCUT2D eigenvalue weighted by atomic mass is 10.0. The molecule has 3 heterocycles. The highest BCUT2D eigenvalue weighted by atomic mass is 16.6. The molecule has 0 aliphatic carbocycles. The first kappa shape index (κ1) is 20.4. The van der Waals surface area contributed by atoms with E-state index in [-0.39, 0.29) is 12.3 Å². The molecule has 0 aliphatic heterocycles. The number of nitrogens with one attached hydrogen (secondary N) is 1. The number of H-pyrrole nitrogens is 1. The van der Waals surface area contributed by atoms with E-state index < -0.39 is 17.5 Å². The van der Waals surface area contributed by atoms with Crippen LogP contribution >= 0.6 is 0 Å². The zero-order valence-corrected chi connectivity index (χ0v) is 17.7. The van der Waals surface area contributed by atoms with Gasteiger partial charge in [-0.2, -0.15) is 5.10 Å². The van der Waals surface area contributed by atoms with Crippen LogP contribution in [0.15, 0.2) is 36.7 Å². The monoisotopic (exact) mass is 421 g/mol. The standard InChI is InChI=1S/C22H23N5O4/c1-22(2,3)31-19(28)11-30-12-5-6-18-14(7-12)16(10-27(18)4)13-8-17(20(23)29)25-21-15(13)9-24-26-21/h5-10H,11H2,1-4H3,(H2,23,29)(H,24,25,26). The molecule has 31 heavy (non-hydrogen) atoms. The van der Waals surface area contributed by atoms with E-state index in [1.165, 1.54) is 0 Å². The van der Waals surface area contributed by atoms with E-state index in [1.54, 1.807) is 39.1 Å². The van der Waals surface area contributed by atoms with Crippen molar-refractivity contribution in [1.82, 2.24) is 19.7 Å². The normalized spacial score (nSPS) is 11.7. The van der Waals surface area contributed by atoms with E-state index in [1.807, 2.05) is 29.9 Å². The van der Waals surface area contributed by atoms with Crippen molar-refractivity contribution in [3.63, 3.8) is 0 Å². The van der Waals surface area contributed by atoms with E-state index in [0.717, 1.165) is 27.4 Å². The third kappa shape index (κ3) is 4.07. The Hall–Kier alpha value is -3.88. The Morgan fingerprint density at radius 1 is 1.16 bits per heavy atom. The lowest BCUT2D eigenvalue weighted by molar-refractivity contribution is -0.157. The number of ether oxygens (including phenoxy) is 2. The molecule has 0 saturated carbocycles. The summed E-state index contributed by atoms with van der Waals surface area (Å²) in [5.74, 6) is -0.543. The van der Waals surface area contributed by atoms with Gasteiger partial charge in [-0.1, -0.05) is 0 Å². The van der Waals surface area contributed by atoms with Crippen LogP contribution in [0.1, 0.15) is 31.3 Å². The number of primary amides is 1. The zero-order chi connectivity index (χ0) is 22.3. The van der Waals surface area contributed by atoms with Gasteiger partial charge in [-0.15, -0.1) is 0 Å². The van der Waals surface area contributed by atoms with Gasteiger partial charge in [0, 0.05) is 35.1 Å². The summed E-state index contributed by atoms with van der Waals surface area (Å²) in [4.78, 5) is 28.0. The van der Waals surface area contributed by atoms with Crippen LogP contribution in [0.5, 0.6) is 5.75 Å². The lowest BCUT2D eigenvalue weighted by Crippen LogP contribution is -2.27. The summed E-state index contributed by atoms with van der Waals surface area (Å²) >= 11 is 0. The van der Waals surface area contributed by atoms with Crippen molar-refractivity contribution in [3.05, 3.63) is 42.4 Å². The van der Waals surface area contributed by atoms with Gasteiger partial charge in [0.2, 0.25) is 0 Å². The fourth-order valence-electron chi connectivity index (χ4n) is 3.47. The molecule has 0 aliphatic rings. The van der Waals surface area contributed by atoms with Crippen LogP contribution in [0.25, 0.3) is 33.1 Å². The third-order valence-corrected chi connectivity index (χ3v) is 4.70. The Balaban J connectivity index is 1.75. The van der Waals surface area contributed by atoms with Crippen LogP contribution in [0.2, 0.25) is 0 Å². The average Bonchev–Trinajstić information content (AvgIpc) is 3.28. The predicted molar refractivity (Wildman–Crippen MR) is 116 cm³/mol. The number of benzene rings is 1. The van der Waals surface area contributed by atoms with Gasteiger partial charge in [0.1, 0.15) is 17.0 Å². The maximum absolute atomic E-state index is 12.0. The Labute approximate surface area is 178 Å². The van der Waals surface area contributed by atoms with Crippen molar-refractivity contribution < 1.29 is 19.1 Å². The average molecular weight is 421 g/mol. The summed E-state index contributed by atoms with van der Waals surface area (Å²) in [5, 5.41) is 8.48. The molecule has 9 heteroatoms. The highest BCUT2D eigenvalue weighted by Gasteiger charge is 2.19. The minimum absolute atomic E-state index is 0.140. The van der Waals surface area contributed by atoms with E-state index >= 15 is 0 Å². The molecule has 1 amide bonds. The Morgan fingerprint density at radius 2 is 1.94 bits per heavy atom. The molecule has 0 bridgehead atoms. The van der Waals surface area contributed by atoms with Crippen molar-refractivity contribution in [2.45, 2.75) is 26.4 Å². The van der Waals surface area contributed by atoms with Gasteiger partial charge >= 0.3 is 5.97 Å². The van der Waals surface area contributed by atoms with Gasteiger partial charge in [-0.3, -0.25) is 9.89 Å². The molecule has 0 radical (unpaired) electrons. The molecule has 3 N–H and O–H groups in total. The highest BCUT2D eigenvalue weighted by molar-refractivity contribution is 6.06. The van der Waals surface area contributed by atoms with Crippen LogP contribution in [0.3, 0.4) is 0 Å². The smallest absolute Gasteiger partial charge is 0.344 e. The van der Waals surface area contributed by atoms with Crippen LogP contribution in [-0.2, 0) is 16.6 Å². The molecule has 0 fully saturated rings. The van der Waals surface area contributed by atoms with Gasteiger partial charge in [0.05, 0.1) is 6.20 Å². The second kappa shape index (κ2) is 7.42. The predicted octanol–water partition coefficient (Wildman–Crippen LogP) is 2.94. The Bertz CT molecular complexity index is 1310. The lowest BCUT2D eigenvalue weighted by Gasteiger charge is -2.19. The molecule has 4 rings (SSSR count). The number of carbonyl (C=O) groups is 2. The molecule has 0 atom stereocenters. The van der Waals surface area contributed by atoms with Crippen molar-refractivity contribution in [3.8, 4) is 16.9 Å². The van der Waals surface area contributed by atoms with E-state index in [9.17, 15) is 9.59 Å². The van der Waals surface area contributed by atoms with Crippen molar-refractivity contribution >= 4 is 33.8 Å². The number of esters is 1. The number of rotatable bonds is 5. The van der Waals surface area contributed by atoms with Gasteiger partial charge in [0.25, 0.3) is 5.91 Å². The van der Waals surface area contributed by atoms with Crippen LogP contribution in [0, 0.1) is 0 Å². The largest absolute Gasteiger partial charge is 0.482 e. The molecule has 1 aromatic carbocycles. The number of nitrogens with zero attached hydrogens (tertiary/aromatic N) is 3.